The number of rotatable bonds is 9. The molecule has 0 saturated carbocycles. The number of aliphatic hydroxyl groups is 1. The van der Waals surface area contributed by atoms with Crippen molar-refractivity contribution in [1.82, 2.24) is 4.90 Å². The van der Waals surface area contributed by atoms with E-state index in [1.807, 2.05) is 6.07 Å². The number of hydrogen-bond donors (Lipinski definition) is 1. The first kappa shape index (κ1) is 20.0. The molecule has 1 aromatic carbocycles. The second-order valence-corrected chi connectivity index (χ2v) is 7.35. The van der Waals surface area contributed by atoms with E-state index in [0.29, 0.717) is 0 Å². The fourth-order valence-corrected chi connectivity index (χ4v) is 2.89. The lowest BCUT2D eigenvalue weighted by atomic mass is 9.85. The minimum atomic E-state index is -0.483. The molecule has 1 rings (SSSR count). The largest absolute Gasteiger partial charge is 0.496 e. The zero-order valence-electron chi connectivity index (χ0n) is 15.9. The van der Waals surface area contributed by atoms with Crippen LogP contribution in [0.3, 0.4) is 0 Å². The van der Waals surface area contributed by atoms with Gasteiger partial charge in [0, 0.05) is 12.1 Å². The Hall–Kier alpha value is -1.06. The van der Waals surface area contributed by atoms with Gasteiger partial charge in [0.25, 0.3) is 0 Å². The predicted molar refractivity (Wildman–Crippen MR) is 98.3 cm³/mol. The van der Waals surface area contributed by atoms with E-state index in [9.17, 15) is 5.11 Å². The molecule has 3 nitrogen and oxygen atoms in total. The van der Waals surface area contributed by atoms with Crippen LogP contribution in [0.4, 0.5) is 0 Å². The van der Waals surface area contributed by atoms with Crippen molar-refractivity contribution in [2.24, 2.45) is 0 Å². The van der Waals surface area contributed by atoms with Gasteiger partial charge in [0.2, 0.25) is 0 Å². The fraction of sp³-hybridized carbons (Fsp3) is 0.700. The van der Waals surface area contributed by atoms with Gasteiger partial charge in [0.15, 0.2) is 0 Å². The molecule has 0 aromatic heterocycles. The molecular weight excluding hydrogens is 286 g/mol. The van der Waals surface area contributed by atoms with Crippen LogP contribution in [0.25, 0.3) is 0 Å². The molecule has 0 heterocycles. The third kappa shape index (κ3) is 6.15. The maximum atomic E-state index is 10.7. The van der Waals surface area contributed by atoms with E-state index >= 15 is 0 Å². The third-order valence-electron chi connectivity index (χ3n) is 4.25. The number of ether oxygens (including phenoxy) is 1. The van der Waals surface area contributed by atoms with Gasteiger partial charge < -0.3 is 14.7 Å². The molecule has 0 fully saturated rings. The lowest BCUT2D eigenvalue weighted by molar-refractivity contribution is 0.138. The molecule has 0 amide bonds. The normalized spacial score (nSPS) is 13.4. The first-order chi connectivity index (χ1) is 10.8. The van der Waals surface area contributed by atoms with Gasteiger partial charge in [-0.05, 0) is 55.5 Å². The van der Waals surface area contributed by atoms with E-state index in [4.69, 9.17) is 4.74 Å². The molecule has 0 aliphatic carbocycles. The van der Waals surface area contributed by atoms with Crippen LogP contribution in [-0.2, 0) is 5.41 Å². The Kier molecular flexibility index (Phi) is 8.07. The Labute approximate surface area is 142 Å². The van der Waals surface area contributed by atoms with Crippen LogP contribution in [-0.4, -0.2) is 36.8 Å². The van der Waals surface area contributed by atoms with E-state index in [1.165, 1.54) is 5.56 Å². The Bertz CT molecular complexity index is 459. The minimum absolute atomic E-state index is 0.0667. The van der Waals surface area contributed by atoms with Gasteiger partial charge in [-0.25, -0.2) is 0 Å². The van der Waals surface area contributed by atoms with Gasteiger partial charge in [-0.15, -0.1) is 0 Å². The minimum Gasteiger partial charge on any atom is -0.496 e. The number of benzene rings is 1. The van der Waals surface area contributed by atoms with Crippen molar-refractivity contribution < 1.29 is 9.84 Å². The Balaban J connectivity index is 2.86. The summed E-state index contributed by atoms with van der Waals surface area (Å²) in [6.45, 7) is 14.1. The van der Waals surface area contributed by atoms with E-state index in [1.54, 1.807) is 7.11 Å². The van der Waals surface area contributed by atoms with E-state index < -0.39 is 6.10 Å². The van der Waals surface area contributed by atoms with Gasteiger partial charge in [0.1, 0.15) is 5.75 Å². The highest BCUT2D eigenvalue weighted by molar-refractivity contribution is 5.41. The molecule has 3 heteroatoms. The molecule has 0 saturated heterocycles. The molecule has 0 radical (unpaired) electrons. The van der Waals surface area contributed by atoms with Crippen LogP contribution in [0.5, 0.6) is 5.75 Å². The number of nitrogens with zero attached hydrogens (tertiary/aromatic N) is 1. The van der Waals surface area contributed by atoms with Gasteiger partial charge in [-0.3, -0.25) is 0 Å². The van der Waals surface area contributed by atoms with Crippen LogP contribution in [0, 0.1) is 0 Å². The zero-order chi connectivity index (χ0) is 17.5. The summed E-state index contributed by atoms with van der Waals surface area (Å²) >= 11 is 0. The van der Waals surface area contributed by atoms with Crippen LogP contribution in [0.2, 0.25) is 0 Å². The molecule has 1 atom stereocenters. The topological polar surface area (TPSA) is 32.7 Å². The Morgan fingerprint density at radius 2 is 1.70 bits per heavy atom. The molecule has 132 valence electrons. The quantitative estimate of drug-likeness (QED) is 0.725. The second-order valence-electron chi connectivity index (χ2n) is 7.35. The third-order valence-corrected chi connectivity index (χ3v) is 4.25. The van der Waals surface area contributed by atoms with Crippen molar-refractivity contribution in [3.8, 4) is 5.75 Å². The molecule has 1 aromatic rings. The van der Waals surface area contributed by atoms with E-state index in [0.717, 1.165) is 50.2 Å². The smallest absolute Gasteiger partial charge is 0.124 e. The summed E-state index contributed by atoms with van der Waals surface area (Å²) < 4.78 is 5.46. The highest BCUT2D eigenvalue weighted by Crippen LogP contribution is 2.32. The summed E-state index contributed by atoms with van der Waals surface area (Å²) in [6, 6.07) is 6.18. The van der Waals surface area contributed by atoms with Crippen molar-refractivity contribution >= 4 is 0 Å². The molecule has 23 heavy (non-hydrogen) atoms. The SMILES string of the molecule is CCCN(CCC)CCC(O)c1cc(C(C)(C)C)ccc1OC. The van der Waals surface area contributed by atoms with Crippen molar-refractivity contribution in [1.29, 1.82) is 0 Å². The molecule has 0 bridgehead atoms. The average molecular weight is 322 g/mol. The lowest BCUT2D eigenvalue weighted by Crippen LogP contribution is -2.27. The molecule has 0 spiro atoms. The van der Waals surface area contributed by atoms with E-state index in [-0.39, 0.29) is 5.41 Å². The average Bonchev–Trinajstić information content (AvgIpc) is 2.51. The second kappa shape index (κ2) is 9.29. The highest BCUT2D eigenvalue weighted by Gasteiger charge is 2.20. The van der Waals surface area contributed by atoms with Crippen molar-refractivity contribution in [2.75, 3.05) is 26.7 Å². The maximum Gasteiger partial charge on any atom is 0.124 e. The highest BCUT2D eigenvalue weighted by atomic mass is 16.5. The zero-order valence-corrected chi connectivity index (χ0v) is 15.9. The lowest BCUT2D eigenvalue weighted by Gasteiger charge is -2.25. The predicted octanol–water partition coefficient (Wildman–Crippen LogP) is 4.54. The summed E-state index contributed by atoms with van der Waals surface area (Å²) in [5, 5.41) is 10.7. The summed E-state index contributed by atoms with van der Waals surface area (Å²) in [5.41, 5.74) is 2.20. The Morgan fingerprint density at radius 1 is 1.09 bits per heavy atom. The van der Waals surface area contributed by atoms with Crippen LogP contribution in [0.1, 0.15) is 71.1 Å². The first-order valence-electron chi connectivity index (χ1n) is 8.92. The summed E-state index contributed by atoms with van der Waals surface area (Å²) in [6.07, 6.45) is 2.56. The summed E-state index contributed by atoms with van der Waals surface area (Å²) in [4.78, 5) is 2.43. The number of hydrogen-bond acceptors (Lipinski definition) is 3. The fourth-order valence-electron chi connectivity index (χ4n) is 2.89. The molecular formula is C20H35NO2. The molecule has 1 N–H and O–H groups in total. The van der Waals surface area contributed by atoms with Gasteiger partial charge in [0.05, 0.1) is 13.2 Å². The Morgan fingerprint density at radius 3 is 2.17 bits per heavy atom. The monoisotopic (exact) mass is 321 g/mol. The summed E-state index contributed by atoms with van der Waals surface area (Å²) in [7, 11) is 1.67. The molecule has 0 aliphatic rings. The summed E-state index contributed by atoms with van der Waals surface area (Å²) in [5.74, 6) is 0.781. The first-order valence-corrected chi connectivity index (χ1v) is 8.92. The van der Waals surface area contributed by atoms with Crippen molar-refractivity contribution in [2.45, 2.75) is 65.4 Å². The standard InChI is InChI=1S/C20H35NO2/c1-7-12-21(13-8-2)14-11-18(22)17-15-16(20(3,4)5)9-10-19(17)23-6/h9-10,15,18,22H,7-8,11-14H2,1-6H3. The van der Waals surface area contributed by atoms with Crippen molar-refractivity contribution in [3.63, 3.8) is 0 Å². The van der Waals surface area contributed by atoms with Gasteiger partial charge >= 0.3 is 0 Å². The van der Waals surface area contributed by atoms with E-state index in [2.05, 4.69) is 51.7 Å². The van der Waals surface area contributed by atoms with Crippen LogP contribution in [0.15, 0.2) is 18.2 Å². The molecule has 1 unspecified atom stereocenters. The maximum absolute atomic E-state index is 10.7. The number of methoxy groups -OCH3 is 1. The van der Waals surface area contributed by atoms with Crippen LogP contribution >= 0.6 is 0 Å². The van der Waals surface area contributed by atoms with Gasteiger partial charge in [-0.1, -0.05) is 40.7 Å². The van der Waals surface area contributed by atoms with Crippen LogP contribution < -0.4 is 4.74 Å². The van der Waals surface area contributed by atoms with Crippen molar-refractivity contribution in [3.05, 3.63) is 29.3 Å². The van der Waals surface area contributed by atoms with Gasteiger partial charge in [-0.2, -0.15) is 0 Å². The molecule has 0 aliphatic heterocycles. The number of aliphatic hydroxyl groups excluding tert-OH is 1.